The van der Waals surface area contributed by atoms with Crippen molar-refractivity contribution in [3.8, 4) is 0 Å². The second-order valence-electron chi connectivity index (χ2n) is 5.30. The van der Waals surface area contributed by atoms with Crippen LogP contribution in [0.15, 0.2) is 29.4 Å². The van der Waals surface area contributed by atoms with Crippen LogP contribution in [0.1, 0.15) is 49.4 Å². The van der Waals surface area contributed by atoms with Crippen LogP contribution in [0.2, 0.25) is 5.02 Å². The molecule has 1 aromatic carbocycles. The van der Waals surface area contributed by atoms with Crippen LogP contribution < -0.4 is 0 Å². The SMILES string of the molecule is S=c1[nH]nc(C2CCCCC2)n1/N=C/c1ccccc1Cl. The van der Waals surface area contributed by atoms with Crippen molar-refractivity contribution < 1.29 is 0 Å². The lowest BCUT2D eigenvalue weighted by Gasteiger charge is -2.19. The highest BCUT2D eigenvalue weighted by Gasteiger charge is 2.21. The molecule has 0 unspecified atom stereocenters. The number of hydrogen-bond acceptors (Lipinski definition) is 3. The Balaban J connectivity index is 1.90. The van der Waals surface area contributed by atoms with Crippen molar-refractivity contribution >= 4 is 30.0 Å². The van der Waals surface area contributed by atoms with Crippen molar-refractivity contribution in [1.29, 1.82) is 0 Å². The Morgan fingerprint density at radius 1 is 1.29 bits per heavy atom. The summed E-state index contributed by atoms with van der Waals surface area (Å²) < 4.78 is 2.26. The van der Waals surface area contributed by atoms with Crippen LogP contribution in [0.3, 0.4) is 0 Å². The predicted octanol–water partition coefficient (Wildman–Crippen LogP) is 4.52. The maximum absolute atomic E-state index is 6.14. The van der Waals surface area contributed by atoms with E-state index in [0.29, 0.717) is 15.7 Å². The number of nitrogens with one attached hydrogen (secondary N) is 1. The molecule has 0 spiro atoms. The summed E-state index contributed by atoms with van der Waals surface area (Å²) >= 11 is 11.4. The molecule has 21 heavy (non-hydrogen) atoms. The van der Waals surface area contributed by atoms with Gasteiger partial charge in [-0.3, -0.25) is 5.10 Å². The predicted molar refractivity (Wildman–Crippen MR) is 87.7 cm³/mol. The van der Waals surface area contributed by atoms with Gasteiger partial charge in [-0.05, 0) is 31.1 Å². The van der Waals surface area contributed by atoms with Crippen molar-refractivity contribution in [2.24, 2.45) is 5.10 Å². The van der Waals surface area contributed by atoms with Gasteiger partial charge in [0.15, 0.2) is 5.82 Å². The molecule has 1 aromatic heterocycles. The molecular formula is C15H17ClN4S. The standard InChI is InChI=1S/C15H17ClN4S/c16-13-9-5-4-8-12(13)10-17-20-14(18-19-15(20)21)11-6-2-1-3-7-11/h4-5,8-11H,1-3,6-7H2,(H,19,21)/b17-10+. The van der Waals surface area contributed by atoms with Gasteiger partial charge in [0.1, 0.15) is 0 Å². The van der Waals surface area contributed by atoms with Crippen LogP contribution in [0.5, 0.6) is 0 Å². The number of aromatic nitrogens is 3. The van der Waals surface area contributed by atoms with E-state index in [1.807, 2.05) is 24.3 Å². The molecule has 0 saturated heterocycles. The Hall–Kier alpha value is -1.46. The number of H-pyrrole nitrogens is 1. The first kappa shape index (κ1) is 14.5. The molecule has 1 aliphatic carbocycles. The number of benzene rings is 1. The molecule has 6 heteroatoms. The number of rotatable bonds is 3. The summed E-state index contributed by atoms with van der Waals surface area (Å²) in [7, 11) is 0. The summed E-state index contributed by atoms with van der Waals surface area (Å²) in [6.07, 6.45) is 7.85. The Morgan fingerprint density at radius 3 is 2.81 bits per heavy atom. The summed E-state index contributed by atoms with van der Waals surface area (Å²) in [5.74, 6) is 1.37. The molecule has 0 bridgehead atoms. The molecule has 110 valence electrons. The summed E-state index contributed by atoms with van der Waals surface area (Å²) in [5, 5.41) is 12.4. The third-order valence-electron chi connectivity index (χ3n) is 3.86. The first-order valence-corrected chi connectivity index (χ1v) is 8.00. The van der Waals surface area contributed by atoms with Crippen molar-refractivity contribution in [3.05, 3.63) is 45.4 Å². The average molecular weight is 321 g/mol. The molecule has 1 saturated carbocycles. The fraction of sp³-hybridized carbons (Fsp3) is 0.400. The van der Waals surface area contributed by atoms with E-state index in [2.05, 4.69) is 15.3 Å². The Kier molecular flexibility index (Phi) is 4.51. The molecule has 2 aromatic rings. The minimum Gasteiger partial charge on any atom is -0.250 e. The number of nitrogens with zero attached hydrogens (tertiary/aromatic N) is 3. The zero-order valence-corrected chi connectivity index (χ0v) is 13.2. The minimum atomic E-state index is 0.440. The molecule has 1 fully saturated rings. The van der Waals surface area contributed by atoms with Gasteiger partial charge >= 0.3 is 0 Å². The molecule has 3 rings (SSSR count). The second-order valence-corrected chi connectivity index (χ2v) is 6.09. The first-order chi connectivity index (χ1) is 10.3. The zero-order valence-electron chi connectivity index (χ0n) is 11.6. The zero-order chi connectivity index (χ0) is 14.7. The van der Waals surface area contributed by atoms with Crippen LogP contribution in [-0.2, 0) is 0 Å². The molecule has 1 N–H and O–H groups in total. The molecule has 0 aliphatic heterocycles. The van der Waals surface area contributed by atoms with Crippen LogP contribution >= 0.6 is 23.8 Å². The van der Waals surface area contributed by atoms with Gasteiger partial charge in [0.05, 0.1) is 6.21 Å². The molecular weight excluding hydrogens is 304 g/mol. The number of hydrogen-bond donors (Lipinski definition) is 1. The van der Waals surface area contributed by atoms with Crippen molar-refractivity contribution in [3.63, 3.8) is 0 Å². The van der Waals surface area contributed by atoms with Crippen molar-refractivity contribution in [1.82, 2.24) is 14.9 Å². The monoisotopic (exact) mass is 320 g/mol. The summed E-state index contributed by atoms with van der Waals surface area (Å²) in [5.41, 5.74) is 0.872. The van der Waals surface area contributed by atoms with Crippen molar-refractivity contribution in [2.45, 2.75) is 38.0 Å². The van der Waals surface area contributed by atoms with Crippen LogP contribution in [0.25, 0.3) is 0 Å². The Morgan fingerprint density at radius 2 is 2.05 bits per heavy atom. The first-order valence-electron chi connectivity index (χ1n) is 7.22. The van der Waals surface area contributed by atoms with E-state index in [-0.39, 0.29) is 0 Å². The minimum absolute atomic E-state index is 0.440. The lowest BCUT2D eigenvalue weighted by atomic mass is 9.89. The fourth-order valence-corrected chi connectivity index (χ4v) is 3.11. The average Bonchev–Trinajstić information content (AvgIpc) is 2.88. The second kappa shape index (κ2) is 6.54. The number of aromatic amines is 1. The molecule has 1 heterocycles. The highest BCUT2D eigenvalue weighted by molar-refractivity contribution is 7.71. The molecule has 1 aliphatic rings. The molecule has 0 radical (unpaired) electrons. The molecule has 0 amide bonds. The van der Waals surface area contributed by atoms with Crippen LogP contribution in [-0.4, -0.2) is 21.1 Å². The topological polar surface area (TPSA) is 46.0 Å². The van der Waals surface area contributed by atoms with Gasteiger partial charge in [-0.25, -0.2) is 0 Å². The summed E-state index contributed by atoms with van der Waals surface area (Å²) in [4.78, 5) is 0. The van der Waals surface area contributed by atoms with E-state index < -0.39 is 0 Å². The van der Waals surface area contributed by atoms with Gasteiger partial charge in [-0.1, -0.05) is 49.1 Å². The lowest BCUT2D eigenvalue weighted by Crippen LogP contribution is -2.10. The number of halogens is 1. The van der Waals surface area contributed by atoms with Gasteiger partial charge in [0.25, 0.3) is 0 Å². The summed E-state index contributed by atoms with van der Waals surface area (Å²) in [6, 6.07) is 7.61. The van der Waals surface area contributed by atoms with E-state index in [4.69, 9.17) is 23.8 Å². The van der Waals surface area contributed by atoms with E-state index in [1.54, 1.807) is 10.9 Å². The molecule has 4 nitrogen and oxygen atoms in total. The summed E-state index contributed by atoms with van der Waals surface area (Å²) in [6.45, 7) is 0. The highest BCUT2D eigenvalue weighted by atomic mass is 35.5. The Bertz CT molecular complexity index is 698. The Labute approximate surface area is 133 Å². The van der Waals surface area contributed by atoms with E-state index in [0.717, 1.165) is 24.2 Å². The van der Waals surface area contributed by atoms with Crippen molar-refractivity contribution in [2.75, 3.05) is 0 Å². The van der Waals surface area contributed by atoms with Crippen LogP contribution in [0, 0.1) is 4.77 Å². The fourth-order valence-electron chi connectivity index (χ4n) is 2.74. The van der Waals surface area contributed by atoms with E-state index in [1.165, 1.54) is 19.3 Å². The highest BCUT2D eigenvalue weighted by Crippen LogP contribution is 2.31. The van der Waals surface area contributed by atoms with Gasteiger partial charge in [-0.2, -0.15) is 14.9 Å². The molecule has 0 atom stereocenters. The van der Waals surface area contributed by atoms with E-state index in [9.17, 15) is 0 Å². The normalized spacial score (nSPS) is 16.6. The quantitative estimate of drug-likeness (QED) is 0.667. The largest absolute Gasteiger partial charge is 0.250 e. The van der Waals surface area contributed by atoms with Gasteiger partial charge in [0, 0.05) is 16.5 Å². The van der Waals surface area contributed by atoms with Gasteiger partial charge in [-0.15, -0.1) is 0 Å². The third kappa shape index (κ3) is 3.24. The maximum Gasteiger partial charge on any atom is 0.216 e. The van der Waals surface area contributed by atoms with Gasteiger partial charge in [0.2, 0.25) is 4.77 Å². The smallest absolute Gasteiger partial charge is 0.216 e. The lowest BCUT2D eigenvalue weighted by molar-refractivity contribution is 0.419. The van der Waals surface area contributed by atoms with E-state index >= 15 is 0 Å². The third-order valence-corrected chi connectivity index (χ3v) is 4.47. The van der Waals surface area contributed by atoms with Crippen LogP contribution in [0.4, 0.5) is 0 Å². The maximum atomic E-state index is 6.14. The van der Waals surface area contributed by atoms with Gasteiger partial charge < -0.3 is 0 Å².